The molecule has 0 N–H and O–H groups in total. The van der Waals surface area contributed by atoms with Gasteiger partial charge in [0.05, 0.1) is 5.22 Å². The van der Waals surface area contributed by atoms with Gasteiger partial charge in [-0.25, -0.2) is 13.2 Å². The minimum Gasteiger partial charge on any atom is -0.206 e. The average molecular weight is 434 g/mol. The Morgan fingerprint density at radius 3 is 1.62 bits per heavy atom. The van der Waals surface area contributed by atoms with E-state index in [4.69, 9.17) is 10.5 Å². The van der Waals surface area contributed by atoms with Crippen molar-refractivity contribution in [1.82, 2.24) is 0 Å². The van der Waals surface area contributed by atoms with Gasteiger partial charge in [0.15, 0.2) is 11.6 Å². The summed E-state index contributed by atoms with van der Waals surface area (Å²) in [6, 6.07) is 5.82. The number of nitrogens with zero attached hydrogens (tertiary/aromatic N) is 4. The van der Waals surface area contributed by atoms with Gasteiger partial charge < -0.3 is 0 Å². The van der Waals surface area contributed by atoms with Crippen molar-refractivity contribution in [2.45, 2.75) is 57.8 Å². The summed E-state index contributed by atoms with van der Waals surface area (Å²) < 4.78 is 44.9. The molecule has 4 aliphatic rings. The van der Waals surface area contributed by atoms with Gasteiger partial charge in [-0.15, -0.1) is 0 Å². The zero-order chi connectivity index (χ0) is 23.0. The van der Waals surface area contributed by atoms with Gasteiger partial charge in [-0.05, 0) is 81.0 Å². The lowest BCUT2D eigenvalue weighted by molar-refractivity contribution is -0.0580. The highest BCUT2D eigenvalue weighted by Crippen LogP contribution is 2.61. The Hall–Kier alpha value is -3.29. The van der Waals surface area contributed by atoms with Crippen molar-refractivity contribution in [1.29, 1.82) is 21.0 Å². The van der Waals surface area contributed by atoms with Crippen LogP contribution in [0.2, 0.25) is 0 Å². The lowest BCUT2D eigenvalue weighted by atomic mass is 9.48. The molecule has 0 aliphatic heterocycles. The number of rotatable bonds is 4. The summed E-state index contributed by atoms with van der Waals surface area (Å²) in [5, 5.41) is 34.9. The number of benzene rings is 1. The van der Waals surface area contributed by atoms with Gasteiger partial charge in [0, 0.05) is 10.8 Å². The largest absolute Gasteiger partial charge is 0.206 e. The summed E-state index contributed by atoms with van der Waals surface area (Å²) >= 11 is 0. The first-order valence-corrected chi connectivity index (χ1v) is 10.9. The molecule has 4 nitrogen and oxygen atoms in total. The van der Waals surface area contributed by atoms with Gasteiger partial charge >= 0.3 is 0 Å². The topological polar surface area (TPSA) is 95.2 Å². The molecule has 1 aromatic rings. The molecule has 7 heteroatoms. The summed E-state index contributed by atoms with van der Waals surface area (Å²) in [4.78, 5) is 0. The van der Waals surface area contributed by atoms with Crippen LogP contribution in [0.15, 0.2) is 0 Å². The minimum absolute atomic E-state index is 0.00981. The third-order valence-corrected chi connectivity index (χ3v) is 7.66. The SMILES string of the molecule is N#CC(C#N)=c1c(F)c(F)c(=C(C#N)C#N)c(CCCC23CC4CC(CC(C4)C2)C3)c1F. The third-order valence-electron chi connectivity index (χ3n) is 7.66. The van der Waals surface area contributed by atoms with Crippen molar-refractivity contribution in [2.24, 2.45) is 23.2 Å². The standard InChI is InChI=1S/C25H21F3N4/c26-22-19(2-1-3-25-7-14-4-15(8-25)6-16(5-14)9-25)20(17(10-29)11-30)23(27)24(28)21(22)18(12-31)13-32/h14-16H,1-9H2. The summed E-state index contributed by atoms with van der Waals surface area (Å²) in [6.45, 7) is 0. The van der Waals surface area contributed by atoms with E-state index in [-0.39, 0.29) is 17.4 Å². The van der Waals surface area contributed by atoms with Crippen LogP contribution in [0.1, 0.15) is 56.9 Å². The number of nitriles is 4. The maximum atomic E-state index is 15.4. The molecule has 1 aromatic carbocycles. The van der Waals surface area contributed by atoms with Gasteiger partial charge in [0.1, 0.15) is 41.2 Å². The quantitative estimate of drug-likeness (QED) is 0.668. The summed E-state index contributed by atoms with van der Waals surface area (Å²) in [5.41, 5.74) is -1.74. The lowest BCUT2D eigenvalue weighted by Crippen LogP contribution is -2.46. The zero-order valence-corrected chi connectivity index (χ0v) is 17.5. The smallest absolute Gasteiger partial charge is 0.171 e. The van der Waals surface area contributed by atoms with E-state index in [0.29, 0.717) is 6.42 Å². The Morgan fingerprint density at radius 2 is 1.16 bits per heavy atom. The molecule has 0 spiro atoms. The predicted molar refractivity (Wildman–Crippen MR) is 108 cm³/mol. The van der Waals surface area contributed by atoms with Crippen molar-refractivity contribution < 1.29 is 13.2 Å². The van der Waals surface area contributed by atoms with Gasteiger partial charge in [0.25, 0.3) is 0 Å². The molecule has 0 atom stereocenters. The Bertz CT molecular complexity index is 1200. The Kier molecular flexibility index (Phi) is 5.71. The van der Waals surface area contributed by atoms with Crippen LogP contribution in [0.25, 0.3) is 11.1 Å². The van der Waals surface area contributed by atoms with Crippen molar-refractivity contribution in [3.05, 3.63) is 33.5 Å². The van der Waals surface area contributed by atoms with Crippen LogP contribution in [0.3, 0.4) is 0 Å². The van der Waals surface area contributed by atoms with Crippen LogP contribution in [-0.2, 0) is 6.42 Å². The molecule has 4 bridgehead atoms. The molecule has 162 valence electrons. The second kappa shape index (κ2) is 8.33. The maximum absolute atomic E-state index is 15.4. The molecule has 0 radical (unpaired) electrons. The first kappa shape index (κ1) is 21.9. The van der Waals surface area contributed by atoms with Crippen LogP contribution in [0, 0.1) is 85.9 Å². The van der Waals surface area contributed by atoms with E-state index in [1.54, 1.807) is 0 Å². The number of halogens is 3. The molecule has 0 heterocycles. The van der Waals surface area contributed by atoms with Crippen LogP contribution >= 0.6 is 0 Å². The van der Waals surface area contributed by atoms with Crippen LogP contribution < -0.4 is 10.4 Å². The number of hydrogen-bond acceptors (Lipinski definition) is 4. The van der Waals surface area contributed by atoms with Crippen molar-refractivity contribution in [3.8, 4) is 24.3 Å². The second-order valence-electron chi connectivity index (χ2n) is 9.64. The van der Waals surface area contributed by atoms with Crippen LogP contribution in [0.4, 0.5) is 13.2 Å². The fourth-order valence-electron chi connectivity index (χ4n) is 6.93. The molecule has 0 saturated heterocycles. The monoisotopic (exact) mass is 434 g/mol. The molecule has 0 amide bonds. The van der Waals surface area contributed by atoms with Gasteiger partial charge in [-0.3, -0.25) is 0 Å². The highest BCUT2D eigenvalue weighted by molar-refractivity contribution is 5.75. The van der Waals surface area contributed by atoms with Crippen molar-refractivity contribution in [2.75, 3.05) is 0 Å². The number of hydrogen-bond donors (Lipinski definition) is 0. The van der Waals surface area contributed by atoms with E-state index in [0.717, 1.165) is 43.4 Å². The summed E-state index contributed by atoms with van der Waals surface area (Å²) in [6.07, 6.45) is 8.58. The molecule has 4 aliphatic carbocycles. The Balaban J connectivity index is 1.76. The molecule has 4 fully saturated rings. The average Bonchev–Trinajstić information content (AvgIpc) is 2.76. The van der Waals surface area contributed by atoms with Gasteiger partial charge in [-0.1, -0.05) is 0 Å². The van der Waals surface area contributed by atoms with Gasteiger partial charge in [-0.2, -0.15) is 21.0 Å². The third kappa shape index (κ3) is 3.53. The molecule has 5 rings (SSSR count). The fraction of sp³-hybridized carbons (Fsp3) is 0.520. The maximum Gasteiger partial charge on any atom is 0.171 e. The second-order valence-corrected chi connectivity index (χ2v) is 9.64. The van der Waals surface area contributed by atoms with Crippen LogP contribution in [-0.4, -0.2) is 0 Å². The summed E-state index contributed by atoms with van der Waals surface area (Å²) in [7, 11) is 0. The molecule has 0 unspecified atom stereocenters. The Morgan fingerprint density at radius 1 is 0.719 bits per heavy atom. The van der Waals surface area contributed by atoms with E-state index < -0.39 is 39.0 Å². The van der Waals surface area contributed by atoms with Crippen molar-refractivity contribution in [3.63, 3.8) is 0 Å². The van der Waals surface area contributed by atoms with Crippen molar-refractivity contribution >= 4 is 11.1 Å². The van der Waals surface area contributed by atoms with E-state index in [1.807, 2.05) is 0 Å². The highest BCUT2D eigenvalue weighted by atomic mass is 19.2. The van der Waals surface area contributed by atoms with E-state index in [2.05, 4.69) is 0 Å². The fourth-order valence-corrected chi connectivity index (χ4v) is 6.93. The molecule has 4 saturated carbocycles. The van der Waals surface area contributed by atoms with E-state index in [9.17, 15) is 19.3 Å². The molecular weight excluding hydrogens is 413 g/mol. The zero-order valence-electron chi connectivity index (χ0n) is 17.5. The molecule has 0 aromatic heterocycles. The molecule has 32 heavy (non-hydrogen) atoms. The Labute approximate surface area is 184 Å². The highest BCUT2D eigenvalue weighted by Gasteiger charge is 2.50. The lowest BCUT2D eigenvalue weighted by Gasteiger charge is -2.57. The van der Waals surface area contributed by atoms with Crippen LogP contribution in [0.5, 0.6) is 0 Å². The van der Waals surface area contributed by atoms with E-state index in [1.165, 1.54) is 43.5 Å². The van der Waals surface area contributed by atoms with Gasteiger partial charge in [0.2, 0.25) is 0 Å². The van der Waals surface area contributed by atoms with E-state index >= 15 is 4.39 Å². The minimum atomic E-state index is -1.73. The summed E-state index contributed by atoms with van der Waals surface area (Å²) in [5.74, 6) is -2.34. The molecular formula is C25H21F3N4. The predicted octanol–water partition coefficient (Wildman–Crippen LogP) is 4.04. The first-order valence-electron chi connectivity index (χ1n) is 10.9. The first-order chi connectivity index (χ1) is 15.4. The normalized spacial score (nSPS) is 27.2.